The van der Waals surface area contributed by atoms with E-state index in [1.807, 2.05) is 18.2 Å². The van der Waals surface area contributed by atoms with Crippen LogP contribution in [0.1, 0.15) is 5.56 Å². The number of hydrogen-bond donors (Lipinski definition) is 1. The summed E-state index contributed by atoms with van der Waals surface area (Å²) in [6.45, 7) is 3.29. The van der Waals surface area contributed by atoms with Crippen LogP contribution in [-0.2, 0) is 10.0 Å². The Morgan fingerprint density at radius 3 is 2.19 bits per heavy atom. The molecule has 0 atom stereocenters. The number of halogens is 2. The van der Waals surface area contributed by atoms with Crippen LogP contribution in [-0.4, -0.2) is 45.4 Å². The maximum Gasteiger partial charge on any atom is 0.246 e. The number of nitrogens with one attached hydrogen (secondary N) is 1. The van der Waals surface area contributed by atoms with E-state index in [2.05, 4.69) is 24.3 Å². The quantitative estimate of drug-likeness (QED) is 0.821. The van der Waals surface area contributed by atoms with Gasteiger partial charge in [0.1, 0.15) is 4.90 Å². The smallest absolute Gasteiger partial charge is 0.246 e. The lowest BCUT2D eigenvalue weighted by atomic mass is 10.2. The van der Waals surface area contributed by atoms with E-state index in [0.29, 0.717) is 13.1 Å². The molecule has 1 fully saturated rings. The number of piperazine rings is 1. The van der Waals surface area contributed by atoms with Crippen LogP contribution >= 0.6 is 23.2 Å². The van der Waals surface area contributed by atoms with E-state index >= 15 is 0 Å². The highest BCUT2D eigenvalue weighted by atomic mass is 35.5. The van der Waals surface area contributed by atoms with Gasteiger partial charge in [-0.25, -0.2) is 8.42 Å². The first kappa shape index (κ1) is 19.4. The Hall–Kier alpha value is -1.37. The Kier molecular flexibility index (Phi) is 6.37. The molecule has 138 valence electrons. The first-order valence-corrected chi connectivity index (χ1v) is 10.7. The van der Waals surface area contributed by atoms with Crippen molar-refractivity contribution in [3.63, 3.8) is 0 Å². The lowest BCUT2D eigenvalue weighted by Gasteiger charge is -2.31. The fourth-order valence-corrected chi connectivity index (χ4v) is 5.56. The molecule has 0 saturated carbocycles. The monoisotopic (exact) mass is 411 g/mol. The van der Waals surface area contributed by atoms with Crippen LogP contribution in [0.3, 0.4) is 0 Å². The van der Waals surface area contributed by atoms with Gasteiger partial charge in [0.2, 0.25) is 10.0 Å². The minimum absolute atomic E-state index is 0.00996. The molecule has 4 nitrogen and oxygen atoms in total. The number of nitrogens with zero attached hydrogens (tertiary/aromatic N) is 1. The average molecular weight is 412 g/mol. The maximum atomic E-state index is 12.9. The summed E-state index contributed by atoms with van der Waals surface area (Å²) in [5.41, 5.74) is 1.17. The summed E-state index contributed by atoms with van der Waals surface area (Å²) >= 11 is 12.2. The van der Waals surface area contributed by atoms with Crippen molar-refractivity contribution in [2.75, 3.05) is 32.7 Å². The molecule has 0 aromatic heterocycles. The molecule has 0 spiro atoms. The number of hydrogen-bond acceptors (Lipinski definition) is 2. The van der Waals surface area contributed by atoms with Gasteiger partial charge in [-0.3, -0.25) is 0 Å². The highest BCUT2D eigenvalue weighted by Crippen LogP contribution is 2.31. The van der Waals surface area contributed by atoms with Gasteiger partial charge >= 0.3 is 0 Å². The zero-order chi connectivity index (χ0) is 18.6. The van der Waals surface area contributed by atoms with E-state index in [1.165, 1.54) is 14.8 Å². The molecule has 1 saturated heterocycles. The summed E-state index contributed by atoms with van der Waals surface area (Å²) in [4.78, 5) is 1.37. The van der Waals surface area contributed by atoms with Crippen molar-refractivity contribution in [1.82, 2.24) is 4.31 Å². The Morgan fingerprint density at radius 1 is 0.962 bits per heavy atom. The molecule has 1 aliphatic heterocycles. The second-order valence-corrected chi connectivity index (χ2v) is 8.91. The van der Waals surface area contributed by atoms with Gasteiger partial charge in [-0.05, 0) is 23.8 Å². The van der Waals surface area contributed by atoms with Gasteiger partial charge < -0.3 is 4.90 Å². The van der Waals surface area contributed by atoms with E-state index in [-0.39, 0.29) is 14.9 Å². The summed E-state index contributed by atoms with van der Waals surface area (Å²) in [6, 6.07) is 14.9. The molecule has 1 aliphatic rings. The molecule has 0 aliphatic carbocycles. The molecule has 0 bridgehead atoms. The second kappa shape index (κ2) is 8.55. The summed E-state index contributed by atoms with van der Waals surface area (Å²) in [5, 5.41) is 0.330. The molecular weight excluding hydrogens is 391 g/mol. The maximum absolute atomic E-state index is 12.9. The summed E-state index contributed by atoms with van der Waals surface area (Å²) < 4.78 is 27.2. The summed E-state index contributed by atoms with van der Waals surface area (Å²) in [7, 11) is -3.67. The third-order valence-corrected chi connectivity index (χ3v) is 7.32. The van der Waals surface area contributed by atoms with Crippen molar-refractivity contribution in [3.05, 3.63) is 70.2 Å². The topological polar surface area (TPSA) is 41.8 Å². The largest absolute Gasteiger partial charge is 0.329 e. The van der Waals surface area contributed by atoms with Crippen molar-refractivity contribution >= 4 is 39.3 Å². The molecule has 2 aromatic rings. The van der Waals surface area contributed by atoms with Crippen LogP contribution in [0.2, 0.25) is 10.0 Å². The predicted octanol–water partition coefficient (Wildman–Crippen LogP) is 2.60. The highest BCUT2D eigenvalue weighted by molar-refractivity contribution is 7.89. The van der Waals surface area contributed by atoms with Crippen LogP contribution in [0.5, 0.6) is 0 Å². The van der Waals surface area contributed by atoms with Crippen LogP contribution in [0, 0.1) is 0 Å². The molecule has 0 unspecified atom stereocenters. The first-order valence-electron chi connectivity index (χ1n) is 8.48. The Balaban J connectivity index is 1.60. The van der Waals surface area contributed by atoms with Gasteiger partial charge in [0.05, 0.1) is 42.8 Å². The third kappa shape index (κ3) is 4.48. The molecule has 1 N–H and O–H groups in total. The number of benzene rings is 2. The summed E-state index contributed by atoms with van der Waals surface area (Å²) in [5.74, 6) is 0. The van der Waals surface area contributed by atoms with Crippen LogP contribution in [0.15, 0.2) is 59.5 Å². The van der Waals surface area contributed by atoms with Crippen molar-refractivity contribution in [2.45, 2.75) is 4.90 Å². The fraction of sp³-hybridized carbons (Fsp3) is 0.263. The average Bonchev–Trinajstić information content (AvgIpc) is 2.63. The Labute approximate surface area is 164 Å². The molecule has 0 amide bonds. The third-order valence-electron chi connectivity index (χ3n) is 4.46. The van der Waals surface area contributed by atoms with Gasteiger partial charge in [0.15, 0.2) is 0 Å². The van der Waals surface area contributed by atoms with Crippen LogP contribution in [0.4, 0.5) is 0 Å². The number of sulfonamides is 1. The van der Waals surface area contributed by atoms with Crippen molar-refractivity contribution in [1.29, 1.82) is 0 Å². The normalized spacial score (nSPS) is 17.0. The van der Waals surface area contributed by atoms with Crippen LogP contribution < -0.4 is 4.90 Å². The molecule has 26 heavy (non-hydrogen) atoms. The van der Waals surface area contributed by atoms with E-state index in [1.54, 1.807) is 18.2 Å². The number of quaternary nitrogens is 1. The first-order chi connectivity index (χ1) is 12.5. The Morgan fingerprint density at radius 2 is 1.58 bits per heavy atom. The molecular formula is C19H21Cl2N2O2S+. The highest BCUT2D eigenvalue weighted by Gasteiger charge is 2.32. The zero-order valence-electron chi connectivity index (χ0n) is 14.2. The van der Waals surface area contributed by atoms with Crippen molar-refractivity contribution in [3.8, 4) is 0 Å². The summed E-state index contributed by atoms with van der Waals surface area (Å²) in [6.07, 6.45) is 4.24. The lowest BCUT2D eigenvalue weighted by molar-refractivity contribution is -0.897. The SMILES string of the molecule is O=S(=O)(c1c(Cl)cccc1Cl)N1CC[NH+](C/C=C/c2ccccc2)CC1. The van der Waals surface area contributed by atoms with E-state index in [0.717, 1.165) is 19.6 Å². The number of rotatable bonds is 5. The zero-order valence-corrected chi connectivity index (χ0v) is 16.6. The molecule has 0 radical (unpaired) electrons. The standard InChI is InChI=1S/C19H20Cl2N2O2S/c20-17-9-4-10-18(21)19(17)26(24,25)23-14-12-22(13-15-23)11-5-8-16-6-2-1-3-7-16/h1-10H,11-15H2/p+1/b8-5+. The molecule has 7 heteroatoms. The fourth-order valence-electron chi connectivity index (χ4n) is 3.03. The van der Waals surface area contributed by atoms with Crippen LogP contribution in [0.25, 0.3) is 6.08 Å². The lowest BCUT2D eigenvalue weighted by Crippen LogP contribution is -3.14. The van der Waals surface area contributed by atoms with E-state index in [4.69, 9.17) is 23.2 Å². The van der Waals surface area contributed by atoms with Gasteiger partial charge in [-0.2, -0.15) is 4.31 Å². The minimum atomic E-state index is -3.67. The van der Waals surface area contributed by atoms with E-state index < -0.39 is 10.0 Å². The van der Waals surface area contributed by atoms with Gasteiger partial charge in [-0.1, -0.05) is 65.7 Å². The van der Waals surface area contributed by atoms with Gasteiger partial charge in [0, 0.05) is 0 Å². The Bertz CT molecular complexity index is 857. The van der Waals surface area contributed by atoms with Crippen molar-refractivity contribution < 1.29 is 13.3 Å². The predicted molar refractivity (Wildman–Crippen MR) is 106 cm³/mol. The van der Waals surface area contributed by atoms with Gasteiger partial charge in [0.25, 0.3) is 0 Å². The minimum Gasteiger partial charge on any atom is -0.329 e. The molecule has 1 heterocycles. The molecule has 2 aromatic carbocycles. The van der Waals surface area contributed by atoms with E-state index in [9.17, 15) is 8.42 Å². The molecule has 3 rings (SSSR count). The van der Waals surface area contributed by atoms with Gasteiger partial charge in [-0.15, -0.1) is 0 Å². The second-order valence-electron chi connectivity index (χ2n) is 6.22. The van der Waals surface area contributed by atoms with Crippen molar-refractivity contribution in [2.24, 2.45) is 0 Å².